The van der Waals surface area contributed by atoms with Crippen LogP contribution in [0.4, 0.5) is 0 Å². The molecule has 1 unspecified atom stereocenters. The van der Waals surface area contributed by atoms with E-state index in [0.717, 1.165) is 33.1 Å². The van der Waals surface area contributed by atoms with Gasteiger partial charge in [-0.25, -0.2) is 0 Å². The molecule has 0 amide bonds. The Hall–Kier alpha value is -0.520. The van der Waals surface area contributed by atoms with Gasteiger partial charge in [0.2, 0.25) is 0 Å². The molecule has 1 aromatic heterocycles. The van der Waals surface area contributed by atoms with Gasteiger partial charge in [-0.05, 0) is 73.2 Å². The van der Waals surface area contributed by atoms with Crippen LogP contribution < -0.4 is 5.32 Å². The van der Waals surface area contributed by atoms with Gasteiger partial charge in [-0.15, -0.1) is 0 Å². The lowest BCUT2D eigenvalue weighted by Gasteiger charge is -2.19. The van der Waals surface area contributed by atoms with Gasteiger partial charge in [0.05, 0.1) is 11.1 Å². The highest BCUT2D eigenvalue weighted by atomic mass is 127. The van der Waals surface area contributed by atoms with Crippen LogP contribution in [0, 0.1) is 17.4 Å². The average molecular weight is 404 g/mol. The largest absolute Gasteiger partial charge is 0.466 e. The summed E-state index contributed by atoms with van der Waals surface area (Å²) in [6.07, 6.45) is 1.09. The molecule has 2 aromatic rings. The summed E-state index contributed by atoms with van der Waals surface area (Å²) < 4.78 is 6.75. The minimum Gasteiger partial charge on any atom is -0.466 e. The second-order valence-electron chi connectivity index (χ2n) is 4.93. The van der Waals surface area contributed by atoms with Crippen molar-refractivity contribution in [1.29, 1.82) is 0 Å². The average Bonchev–Trinajstić information content (AvgIpc) is 2.73. The fraction of sp³-hybridized carbons (Fsp3) is 0.375. The zero-order chi connectivity index (χ0) is 14.7. The highest BCUT2D eigenvalue weighted by molar-refractivity contribution is 14.1. The van der Waals surface area contributed by atoms with Gasteiger partial charge in [0.25, 0.3) is 0 Å². The number of benzene rings is 1. The molecular weight excluding hydrogens is 385 g/mol. The monoisotopic (exact) mass is 403 g/mol. The Labute approximate surface area is 139 Å². The first-order chi connectivity index (χ1) is 9.52. The quantitative estimate of drug-likeness (QED) is 0.690. The molecular formula is C16H19ClINO. The zero-order valence-electron chi connectivity index (χ0n) is 12.0. The van der Waals surface area contributed by atoms with E-state index in [1.165, 1.54) is 11.1 Å². The summed E-state index contributed by atoms with van der Waals surface area (Å²) in [5.41, 5.74) is 2.36. The third kappa shape index (κ3) is 3.57. The molecule has 2 rings (SSSR count). The normalized spacial score (nSPS) is 12.7. The van der Waals surface area contributed by atoms with Crippen LogP contribution in [-0.4, -0.2) is 6.54 Å². The Morgan fingerprint density at radius 3 is 2.60 bits per heavy atom. The van der Waals surface area contributed by atoms with E-state index in [1.807, 2.05) is 19.9 Å². The summed E-state index contributed by atoms with van der Waals surface area (Å²) in [7, 11) is 0. The SMILES string of the molecule is CCCNC(c1ccc(I)c(Cl)c1)c1cc(C)oc1C. The van der Waals surface area contributed by atoms with Gasteiger partial charge in [-0.2, -0.15) is 0 Å². The molecule has 1 aromatic carbocycles. The molecule has 0 saturated heterocycles. The Balaban J connectivity index is 2.41. The third-order valence-corrected chi connectivity index (χ3v) is 4.84. The van der Waals surface area contributed by atoms with E-state index >= 15 is 0 Å². The summed E-state index contributed by atoms with van der Waals surface area (Å²) in [6, 6.07) is 8.46. The van der Waals surface area contributed by atoms with Crippen molar-refractivity contribution in [2.45, 2.75) is 33.2 Å². The van der Waals surface area contributed by atoms with Gasteiger partial charge in [0.15, 0.2) is 0 Å². The van der Waals surface area contributed by atoms with Crippen molar-refractivity contribution in [3.63, 3.8) is 0 Å². The molecule has 1 N–H and O–H groups in total. The molecule has 2 nitrogen and oxygen atoms in total. The standard InChI is InChI=1S/C16H19ClINO/c1-4-7-19-16(13-8-10(2)20-11(13)3)12-5-6-15(18)14(17)9-12/h5-6,8-9,16,19H,4,7H2,1-3H3. The van der Waals surface area contributed by atoms with Crippen LogP contribution in [0.5, 0.6) is 0 Å². The first-order valence-corrected chi connectivity index (χ1v) is 8.23. The van der Waals surface area contributed by atoms with E-state index in [0.29, 0.717) is 0 Å². The second-order valence-corrected chi connectivity index (χ2v) is 6.50. The molecule has 0 aliphatic carbocycles. The number of rotatable bonds is 5. The van der Waals surface area contributed by atoms with E-state index in [4.69, 9.17) is 16.0 Å². The Kier molecular flexibility index (Phi) is 5.52. The summed E-state index contributed by atoms with van der Waals surface area (Å²) in [6.45, 7) is 7.11. The summed E-state index contributed by atoms with van der Waals surface area (Å²) in [5.74, 6) is 1.91. The predicted octanol–water partition coefficient (Wildman–Crippen LogP) is 5.24. The van der Waals surface area contributed by atoms with Crippen LogP contribution in [0.2, 0.25) is 5.02 Å². The summed E-state index contributed by atoms with van der Waals surface area (Å²) in [5, 5.41) is 4.38. The third-order valence-electron chi connectivity index (χ3n) is 3.27. The topological polar surface area (TPSA) is 25.2 Å². The Morgan fingerprint density at radius 1 is 1.30 bits per heavy atom. The van der Waals surface area contributed by atoms with Crippen molar-refractivity contribution in [3.8, 4) is 0 Å². The van der Waals surface area contributed by atoms with Crippen molar-refractivity contribution in [1.82, 2.24) is 5.32 Å². The first kappa shape index (κ1) is 15.9. The van der Waals surface area contributed by atoms with E-state index < -0.39 is 0 Å². The van der Waals surface area contributed by atoms with Crippen molar-refractivity contribution in [2.24, 2.45) is 0 Å². The van der Waals surface area contributed by atoms with Gasteiger partial charge in [0, 0.05) is 9.13 Å². The maximum absolute atomic E-state index is 6.27. The number of aryl methyl sites for hydroxylation is 2. The van der Waals surface area contributed by atoms with Gasteiger partial charge < -0.3 is 9.73 Å². The molecule has 4 heteroatoms. The predicted molar refractivity (Wildman–Crippen MR) is 92.5 cm³/mol. The van der Waals surface area contributed by atoms with Gasteiger partial charge in [0.1, 0.15) is 11.5 Å². The fourth-order valence-electron chi connectivity index (χ4n) is 2.33. The number of hydrogen-bond acceptors (Lipinski definition) is 2. The van der Waals surface area contributed by atoms with Crippen LogP contribution in [-0.2, 0) is 0 Å². The molecule has 0 saturated carbocycles. The lowest BCUT2D eigenvalue weighted by atomic mass is 9.99. The number of furan rings is 1. The van der Waals surface area contributed by atoms with E-state index in [-0.39, 0.29) is 6.04 Å². The lowest BCUT2D eigenvalue weighted by Crippen LogP contribution is -2.23. The van der Waals surface area contributed by atoms with E-state index in [9.17, 15) is 0 Å². The molecule has 0 radical (unpaired) electrons. The molecule has 0 aliphatic rings. The summed E-state index contributed by atoms with van der Waals surface area (Å²) >= 11 is 8.51. The van der Waals surface area contributed by atoms with Gasteiger partial charge >= 0.3 is 0 Å². The van der Waals surface area contributed by atoms with Crippen LogP contribution in [0.3, 0.4) is 0 Å². The molecule has 1 heterocycles. The molecule has 0 bridgehead atoms. The number of hydrogen-bond donors (Lipinski definition) is 1. The maximum Gasteiger partial charge on any atom is 0.106 e. The van der Waals surface area contributed by atoms with Crippen molar-refractivity contribution in [3.05, 3.63) is 55.5 Å². The molecule has 20 heavy (non-hydrogen) atoms. The van der Waals surface area contributed by atoms with Gasteiger partial charge in [-0.3, -0.25) is 0 Å². The van der Waals surface area contributed by atoms with E-state index in [1.54, 1.807) is 0 Å². The number of nitrogens with one attached hydrogen (secondary N) is 1. The molecule has 0 aliphatic heterocycles. The number of halogens is 2. The molecule has 0 fully saturated rings. The van der Waals surface area contributed by atoms with Gasteiger partial charge in [-0.1, -0.05) is 24.6 Å². The van der Waals surface area contributed by atoms with E-state index in [2.05, 4.69) is 53.0 Å². The van der Waals surface area contributed by atoms with Crippen molar-refractivity contribution < 1.29 is 4.42 Å². The minimum absolute atomic E-state index is 0.127. The lowest BCUT2D eigenvalue weighted by molar-refractivity contribution is 0.493. The highest BCUT2D eigenvalue weighted by Crippen LogP contribution is 2.30. The first-order valence-electron chi connectivity index (χ1n) is 6.78. The maximum atomic E-state index is 6.27. The zero-order valence-corrected chi connectivity index (χ0v) is 14.9. The minimum atomic E-state index is 0.127. The van der Waals surface area contributed by atoms with Crippen LogP contribution in [0.1, 0.15) is 42.0 Å². The highest BCUT2D eigenvalue weighted by Gasteiger charge is 2.19. The fourth-order valence-corrected chi connectivity index (χ4v) is 2.85. The smallest absolute Gasteiger partial charge is 0.106 e. The Morgan fingerprint density at radius 2 is 2.05 bits per heavy atom. The molecule has 0 spiro atoms. The Bertz CT molecular complexity index is 594. The molecule has 108 valence electrons. The van der Waals surface area contributed by atoms with Crippen molar-refractivity contribution in [2.75, 3.05) is 6.54 Å². The van der Waals surface area contributed by atoms with Crippen molar-refractivity contribution >= 4 is 34.2 Å². The van der Waals surface area contributed by atoms with Crippen LogP contribution in [0.15, 0.2) is 28.7 Å². The van der Waals surface area contributed by atoms with Crippen LogP contribution >= 0.6 is 34.2 Å². The summed E-state index contributed by atoms with van der Waals surface area (Å²) in [4.78, 5) is 0. The van der Waals surface area contributed by atoms with Crippen LogP contribution in [0.25, 0.3) is 0 Å². The molecule has 1 atom stereocenters. The second kappa shape index (κ2) is 6.96.